The number of hydrogen-bond acceptors (Lipinski definition) is 4. The Hall–Kier alpha value is -1.66. The van der Waals surface area contributed by atoms with Gasteiger partial charge in [0.15, 0.2) is 11.6 Å². The molecule has 0 bridgehead atoms. The number of piperazine rings is 1. The van der Waals surface area contributed by atoms with Crippen molar-refractivity contribution >= 4 is 5.91 Å². The van der Waals surface area contributed by atoms with E-state index in [1.165, 1.54) is 6.07 Å². The SMILES string of the molecule is O=C(CCOc1ccccc1F)NCCN1CCNCC1. The third-order valence-electron chi connectivity index (χ3n) is 3.38. The lowest BCUT2D eigenvalue weighted by atomic mass is 10.3. The molecule has 1 aromatic carbocycles. The van der Waals surface area contributed by atoms with Gasteiger partial charge in [-0.05, 0) is 12.1 Å². The van der Waals surface area contributed by atoms with Crippen LogP contribution in [0.25, 0.3) is 0 Å². The molecule has 116 valence electrons. The maximum atomic E-state index is 13.3. The highest BCUT2D eigenvalue weighted by molar-refractivity contribution is 5.75. The van der Waals surface area contributed by atoms with E-state index in [0.717, 1.165) is 32.7 Å². The standard InChI is InChI=1S/C15H22FN3O2/c16-13-3-1-2-4-14(13)21-12-5-15(20)18-8-11-19-9-6-17-7-10-19/h1-4,17H,5-12H2,(H,18,20). The molecule has 2 N–H and O–H groups in total. The van der Waals surface area contributed by atoms with Crippen LogP contribution in [-0.2, 0) is 4.79 Å². The summed E-state index contributed by atoms with van der Waals surface area (Å²) >= 11 is 0. The number of amides is 1. The van der Waals surface area contributed by atoms with E-state index in [-0.39, 0.29) is 24.7 Å². The summed E-state index contributed by atoms with van der Waals surface area (Å²) < 4.78 is 18.5. The zero-order valence-electron chi connectivity index (χ0n) is 12.1. The molecule has 1 saturated heterocycles. The molecular formula is C15H22FN3O2. The number of halogens is 1. The first-order valence-corrected chi connectivity index (χ1v) is 7.33. The van der Waals surface area contributed by atoms with Crippen LogP contribution in [0.15, 0.2) is 24.3 Å². The first-order chi connectivity index (χ1) is 10.3. The lowest BCUT2D eigenvalue weighted by molar-refractivity contribution is -0.121. The lowest BCUT2D eigenvalue weighted by Gasteiger charge is -2.27. The van der Waals surface area contributed by atoms with E-state index in [1.54, 1.807) is 18.2 Å². The van der Waals surface area contributed by atoms with Gasteiger partial charge in [0, 0.05) is 39.3 Å². The highest BCUT2D eigenvalue weighted by atomic mass is 19.1. The lowest BCUT2D eigenvalue weighted by Crippen LogP contribution is -2.46. The number of hydrogen-bond donors (Lipinski definition) is 2. The Balaban J connectivity index is 1.56. The minimum atomic E-state index is -0.406. The monoisotopic (exact) mass is 295 g/mol. The van der Waals surface area contributed by atoms with Crippen molar-refractivity contribution in [3.05, 3.63) is 30.1 Å². The van der Waals surface area contributed by atoms with Crippen molar-refractivity contribution in [1.82, 2.24) is 15.5 Å². The second-order valence-electron chi connectivity index (χ2n) is 4.97. The molecule has 21 heavy (non-hydrogen) atoms. The first-order valence-electron chi connectivity index (χ1n) is 7.33. The van der Waals surface area contributed by atoms with E-state index in [2.05, 4.69) is 15.5 Å². The maximum absolute atomic E-state index is 13.3. The van der Waals surface area contributed by atoms with Crippen molar-refractivity contribution in [1.29, 1.82) is 0 Å². The maximum Gasteiger partial charge on any atom is 0.223 e. The van der Waals surface area contributed by atoms with Gasteiger partial charge in [-0.3, -0.25) is 9.69 Å². The minimum Gasteiger partial charge on any atom is -0.490 e. The average molecular weight is 295 g/mol. The van der Waals surface area contributed by atoms with Gasteiger partial charge in [0.1, 0.15) is 0 Å². The highest BCUT2D eigenvalue weighted by Crippen LogP contribution is 2.15. The fraction of sp³-hybridized carbons (Fsp3) is 0.533. The molecule has 5 nitrogen and oxygen atoms in total. The number of nitrogens with zero attached hydrogens (tertiary/aromatic N) is 1. The summed E-state index contributed by atoms with van der Waals surface area (Å²) in [4.78, 5) is 14.0. The van der Waals surface area contributed by atoms with E-state index in [1.807, 2.05) is 0 Å². The summed E-state index contributed by atoms with van der Waals surface area (Å²) in [6.45, 7) is 5.73. The number of rotatable bonds is 7. The molecule has 6 heteroatoms. The number of carbonyl (C=O) groups is 1. The summed E-state index contributed by atoms with van der Waals surface area (Å²) in [5.41, 5.74) is 0. The van der Waals surface area contributed by atoms with Gasteiger partial charge in [0.05, 0.1) is 13.0 Å². The molecule has 1 fully saturated rings. The van der Waals surface area contributed by atoms with Gasteiger partial charge in [-0.1, -0.05) is 12.1 Å². The van der Waals surface area contributed by atoms with E-state index in [9.17, 15) is 9.18 Å². The predicted molar refractivity (Wildman–Crippen MR) is 78.8 cm³/mol. The van der Waals surface area contributed by atoms with Gasteiger partial charge in [-0.25, -0.2) is 4.39 Å². The molecule has 1 amide bonds. The van der Waals surface area contributed by atoms with Crippen LogP contribution >= 0.6 is 0 Å². The summed E-state index contributed by atoms with van der Waals surface area (Å²) in [5.74, 6) is -0.288. The fourth-order valence-electron chi connectivity index (χ4n) is 2.19. The van der Waals surface area contributed by atoms with Gasteiger partial charge >= 0.3 is 0 Å². The first kappa shape index (κ1) is 15.7. The highest BCUT2D eigenvalue weighted by Gasteiger charge is 2.09. The van der Waals surface area contributed by atoms with Crippen molar-refractivity contribution < 1.29 is 13.9 Å². The molecule has 0 aliphatic carbocycles. The Morgan fingerprint density at radius 1 is 1.33 bits per heavy atom. The molecular weight excluding hydrogens is 273 g/mol. The third kappa shape index (κ3) is 5.69. The van der Waals surface area contributed by atoms with Gasteiger partial charge in [-0.15, -0.1) is 0 Å². The predicted octanol–water partition coefficient (Wildman–Crippen LogP) is 0.616. The number of para-hydroxylation sites is 1. The van der Waals surface area contributed by atoms with Gasteiger partial charge < -0.3 is 15.4 Å². The topological polar surface area (TPSA) is 53.6 Å². The summed E-state index contributed by atoms with van der Waals surface area (Å²) in [6.07, 6.45) is 0.232. The summed E-state index contributed by atoms with van der Waals surface area (Å²) in [6, 6.07) is 6.19. The van der Waals surface area contributed by atoms with Crippen LogP contribution in [0.2, 0.25) is 0 Å². The Kier molecular flexibility index (Phi) is 6.43. The zero-order valence-corrected chi connectivity index (χ0v) is 12.1. The van der Waals surface area contributed by atoms with Gasteiger partial charge in [0.2, 0.25) is 5.91 Å². The van der Waals surface area contributed by atoms with E-state index in [4.69, 9.17) is 4.74 Å². The summed E-state index contributed by atoms with van der Waals surface area (Å²) in [7, 11) is 0. The second kappa shape index (κ2) is 8.59. The Morgan fingerprint density at radius 3 is 2.86 bits per heavy atom. The van der Waals surface area contributed by atoms with Crippen molar-refractivity contribution in [2.45, 2.75) is 6.42 Å². The number of nitrogens with one attached hydrogen (secondary N) is 2. The zero-order chi connectivity index (χ0) is 14.9. The van der Waals surface area contributed by atoms with Crippen LogP contribution in [0.1, 0.15) is 6.42 Å². The van der Waals surface area contributed by atoms with Crippen LogP contribution in [0.3, 0.4) is 0 Å². The largest absolute Gasteiger partial charge is 0.490 e. The van der Waals surface area contributed by atoms with Crippen molar-refractivity contribution in [2.75, 3.05) is 45.9 Å². The Morgan fingerprint density at radius 2 is 2.10 bits per heavy atom. The molecule has 1 aliphatic rings. The number of carbonyl (C=O) groups excluding carboxylic acids is 1. The quantitative estimate of drug-likeness (QED) is 0.774. The van der Waals surface area contributed by atoms with Crippen molar-refractivity contribution in [3.63, 3.8) is 0 Å². The van der Waals surface area contributed by atoms with Crippen LogP contribution in [0.5, 0.6) is 5.75 Å². The fourth-order valence-corrected chi connectivity index (χ4v) is 2.19. The molecule has 0 atom stereocenters. The van der Waals surface area contributed by atoms with Crippen molar-refractivity contribution in [3.8, 4) is 5.75 Å². The number of benzene rings is 1. The van der Waals surface area contributed by atoms with Gasteiger partial charge in [0.25, 0.3) is 0 Å². The molecule has 2 rings (SSSR count). The molecule has 1 aliphatic heterocycles. The normalized spacial score (nSPS) is 15.7. The minimum absolute atomic E-state index is 0.0681. The molecule has 1 heterocycles. The summed E-state index contributed by atoms with van der Waals surface area (Å²) in [5, 5.41) is 6.14. The molecule has 0 unspecified atom stereocenters. The molecule has 0 radical (unpaired) electrons. The molecule has 0 saturated carbocycles. The average Bonchev–Trinajstić information content (AvgIpc) is 2.50. The van der Waals surface area contributed by atoms with E-state index in [0.29, 0.717) is 6.54 Å². The van der Waals surface area contributed by atoms with Gasteiger partial charge in [-0.2, -0.15) is 0 Å². The van der Waals surface area contributed by atoms with Crippen LogP contribution < -0.4 is 15.4 Å². The van der Waals surface area contributed by atoms with Crippen molar-refractivity contribution in [2.24, 2.45) is 0 Å². The van der Waals surface area contributed by atoms with E-state index < -0.39 is 5.82 Å². The van der Waals surface area contributed by atoms with Crippen LogP contribution in [0, 0.1) is 5.82 Å². The third-order valence-corrected chi connectivity index (χ3v) is 3.38. The Labute approximate surface area is 124 Å². The van der Waals surface area contributed by atoms with E-state index >= 15 is 0 Å². The van der Waals surface area contributed by atoms with Crippen LogP contribution in [0.4, 0.5) is 4.39 Å². The van der Waals surface area contributed by atoms with Crippen LogP contribution in [-0.4, -0.2) is 56.7 Å². The smallest absolute Gasteiger partial charge is 0.223 e. The molecule has 1 aromatic rings. The number of ether oxygens (including phenoxy) is 1. The Bertz CT molecular complexity index is 450. The molecule has 0 spiro atoms. The second-order valence-corrected chi connectivity index (χ2v) is 4.97. The molecule has 0 aromatic heterocycles.